The van der Waals surface area contributed by atoms with Crippen LogP contribution < -0.4 is 5.32 Å². The number of nitrogens with one attached hydrogen (secondary N) is 1. The highest BCUT2D eigenvalue weighted by Crippen LogP contribution is 2.37. The number of carbonyl (C=O) groups is 2. The Bertz CT molecular complexity index is 525. The highest BCUT2D eigenvalue weighted by Gasteiger charge is 2.31. The van der Waals surface area contributed by atoms with E-state index < -0.39 is 11.8 Å². The van der Waals surface area contributed by atoms with Crippen LogP contribution in [0.2, 0.25) is 0 Å². The first-order chi connectivity index (χ1) is 9.65. The minimum Gasteiger partial charge on any atom is -0.466 e. The molecule has 6 heteroatoms. The van der Waals surface area contributed by atoms with Gasteiger partial charge in [0.15, 0.2) is 0 Å². The van der Waals surface area contributed by atoms with Gasteiger partial charge in [-0.15, -0.1) is 0 Å². The molecule has 5 nitrogen and oxygen atoms in total. The van der Waals surface area contributed by atoms with Gasteiger partial charge in [-0.1, -0.05) is 31.0 Å². The Morgan fingerprint density at radius 2 is 2.15 bits per heavy atom. The zero-order chi connectivity index (χ0) is 14.5. The third-order valence-electron chi connectivity index (χ3n) is 3.39. The number of thioether (sulfide) groups is 1. The van der Waals surface area contributed by atoms with Crippen LogP contribution in [0.4, 0.5) is 0 Å². The molecule has 0 amide bonds. The number of nitriles is 1. The Labute approximate surface area is 122 Å². The largest absolute Gasteiger partial charge is 0.466 e. The van der Waals surface area contributed by atoms with Gasteiger partial charge in [-0.25, -0.2) is 4.79 Å². The maximum absolute atomic E-state index is 12.0. The van der Waals surface area contributed by atoms with Gasteiger partial charge < -0.3 is 10.1 Å². The predicted octanol–water partition coefficient (Wildman–Crippen LogP) is 2.02. The molecule has 106 valence electrons. The number of carbonyl (C=O) groups excluding carboxylic acids is 2. The molecule has 1 saturated carbocycles. The smallest absolute Gasteiger partial charge is 0.331 e. The quantitative estimate of drug-likeness (QED) is 0.633. The third-order valence-corrected chi connectivity index (χ3v) is 4.44. The van der Waals surface area contributed by atoms with E-state index in [1.807, 2.05) is 6.07 Å². The molecule has 0 aromatic carbocycles. The fourth-order valence-corrected chi connectivity index (χ4v) is 3.37. The summed E-state index contributed by atoms with van der Waals surface area (Å²) in [6.07, 6.45) is 6.80. The van der Waals surface area contributed by atoms with E-state index in [0.29, 0.717) is 11.1 Å². The fraction of sp³-hybridized carbons (Fsp3) is 0.500. The Morgan fingerprint density at radius 1 is 1.45 bits per heavy atom. The second kappa shape index (κ2) is 6.62. The topological polar surface area (TPSA) is 79.2 Å². The molecular formula is C14H16N2O3S. The average Bonchev–Trinajstić information content (AvgIpc) is 2.75. The van der Waals surface area contributed by atoms with Crippen LogP contribution in [0.1, 0.15) is 32.1 Å². The van der Waals surface area contributed by atoms with E-state index >= 15 is 0 Å². The first kappa shape index (κ1) is 14.7. The molecule has 1 heterocycles. The summed E-state index contributed by atoms with van der Waals surface area (Å²) in [5.41, 5.74) is 0.0933. The van der Waals surface area contributed by atoms with E-state index in [-0.39, 0.29) is 10.5 Å². The zero-order valence-electron chi connectivity index (χ0n) is 11.3. The van der Waals surface area contributed by atoms with Crippen molar-refractivity contribution in [1.82, 2.24) is 5.32 Å². The number of esters is 1. The van der Waals surface area contributed by atoms with Gasteiger partial charge in [0.05, 0.1) is 17.0 Å². The molecule has 1 N–H and O–H groups in total. The molecule has 0 saturated heterocycles. The lowest BCUT2D eigenvalue weighted by molar-refractivity contribution is -0.135. The van der Waals surface area contributed by atoms with Gasteiger partial charge in [-0.3, -0.25) is 4.79 Å². The standard InChI is InChI=1S/C14H16N2O3S/c1-19-12(17)7-11-13(18)10(8-15)14(20-11)16-9-5-3-2-4-6-9/h7,9,16H,2-6H2,1H3/b11-7+. The van der Waals surface area contributed by atoms with Gasteiger partial charge in [0, 0.05) is 12.1 Å². The summed E-state index contributed by atoms with van der Waals surface area (Å²) in [5, 5.41) is 13.0. The number of Topliss-reactive ketones (excluding diaryl/α,β-unsaturated/α-hetero) is 1. The minimum atomic E-state index is -0.586. The van der Waals surface area contributed by atoms with Crippen molar-refractivity contribution in [3.05, 3.63) is 21.6 Å². The van der Waals surface area contributed by atoms with Gasteiger partial charge >= 0.3 is 5.97 Å². The molecule has 0 aromatic heterocycles. The van der Waals surface area contributed by atoms with Gasteiger partial charge in [0.25, 0.3) is 0 Å². The van der Waals surface area contributed by atoms with Crippen molar-refractivity contribution in [2.24, 2.45) is 0 Å². The summed E-state index contributed by atoms with van der Waals surface area (Å²) >= 11 is 1.15. The molecule has 2 rings (SSSR count). The molecule has 0 spiro atoms. The van der Waals surface area contributed by atoms with E-state index in [0.717, 1.165) is 43.5 Å². The van der Waals surface area contributed by atoms with Crippen molar-refractivity contribution in [2.45, 2.75) is 38.1 Å². The van der Waals surface area contributed by atoms with Crippen LogP contribution in [0.15, 0.2) is 21.6 Å². The van der Waals surface area contributed by atoms with E-state index in [9.17, 15) is 9.59 Å². The van der Waals surface area contributed by atoms with Crippen molar-refractivity contribution >= 4 is 23.5 Å². The zero-order valence-corrected chi connectivity index (χ0v) is 12.1. The Kier molecular flexibility index (Phi) is 4.85. The van der Waals surface area contributed by atoms with Gasteiger partial charge in [0.1, 0.15) is 11.6 Å². The normalized spacial score (nSPS) is 22.0. The monoisotopic (exact) mass is 292 g/mol. The minimum absolute atomic E-state index is 0.0933. The first-order valence-electron chi connectivity index (χ1n) is 6.58. The van der Waals surface area contributed by atoms with Crippen molar-refractivity contribution in [2.75, 3.05) is 7.11 Å². The number of ether oxygens (including phenoxy) is 1. The number of ketones is 1. The molecule has 1 aliphatic carbocycles. The van der Waals surface area contributed by atoms with Crippen molar-refractivity contribution in [1.29, 1.82) is 5.26 Å². The highest BCUT2D eigenvalue weighted by molar-refractivity contribution is 8.08. The average molecular weight is 292 g/mol. The van der Waals surface area contributed by atoms with Crippen LogP contribution in [0.5, 0.6) is 0 Å². The summed E-state index contributed by atoms with van der Waals surface area (Å²) in [5.74, 6) is -0.988. The number of allylic oxidation sites excluding steroid dienone is 2. The highest BCUT2D eigenvalue weighted by atomic mass is 32.2. The molecule has 0 aromatic rings. The summed E-state index contributed by atoms with van der Waals surface area (Å²) in [6, 6.07) is 2.23. The van der Waals surface area contributed by atoms with Crippen LogP contribution in [0.3, 0.4) is 0 Å². The van der Waals surface area contributed by atoms with Crippen molar-refractivity contribution < 1.29 is 14.3 Å². The maximum Gasteiger partial charge on any atom is 0.331 e. The summed E-state index contributed by atoms with van der Waals surface area (Å²) in [6.45, 7) is 0. The van der Waals surface area contributed by atoms with Gasteiger partial charge in [0.2, 0.25) is 5.78 Å². The molecule has 2 aliphatic rings. The Morgan fingerprint density at radius 3 is 2.75 bits per heavy atom. The molecule has 0 atom stereocenters. The fourth-order valence-electron chi connectivity index (χ4n) is 2.33. The van der Waals surface area contributed by atoms with Crippen molar-refractivity contribution in [3.63, 3.8) is 0 Å². The second-order valence-corrected chi connectivity index (χ2v) is 5.81. The molecule has 0 radical (unpaired) electrons. The van der Waals surface area contributed by atoms with Crippen LogP contribution in [0.25, 0.3) is 0 Å². The van der Waals surface area contributed by atoms with Crippen LogP contribution in [0, 0.1) is 11.3 Å². The molecule has 0 bridgehead atoms. The number of hydrogen-bond donors (Lipinski definition) is 1. The van der Waals surface area contributed by atoms with E-state index in [4.69, 9.17) is 5.26 Å². The molecule has 1 aliphatic heterocycles. The lowest BCUT2D eigenvalue weighted by atomic mass is 9.95. The van der Waals surface area contributed by atoms with Crippen LogP contribution in [-0.4, -0.2) is 24.9 Å². The molecule has 0 unspecified atom stereocenters. The summed E-state index contributed by atoms with van der Waals surface area (Å²) in [7, 11) is 1.25. The summed E-state index contributed by atoms with van der Waals surface area (Å²) < 4.78 is 4.51. The lowest BCUT2D eigenvalue weighted by Crippen LogP contribution is -2.29. The predicted molar refractivity (Wildman–Crippen MR) is 75.3 cm³/mol. The first-order valence-corrected chi connectivity index (χ1v) is 7.40. The second-order valence-electron chi connectivity index (χ2n) is 4.76. The van der Waals surface area contributed by atoms with Crippen LogP contribution in [-0.2, 0) is 14.3 Å². The lowest BCUT2D eigenvalue weighted by Gasteiger charge is -2.23. The SMILES string of the molecule is COC(=O)/C=C1/SC(NC2CCCCC2)=C(C#N)C1=O. The van der Waals surface area contributed by atoms with Crippen LogP contribution >= 0.6 is 11.8 Å². The molecule has 1 fully saturated rings. The molecule has 20 heavy (non-hydrogen) atoms. The van der Waals surface area contributed by atoms with E-state index in [1.54, 1.807) is 0 Å². The number of nitrogens with zero attached hydrogens (tertiary/aromatic N) is 1. The van der Waals surface area contributed by atoms with E-state index in [1.165, 1.54) is 13.5 Å². The Hall–Kier alpha value is -1.74. The number of methoxy groups -OCH3 is 1. The number of rotatable bonds is 3. The van der Waals surface area contributed by atoms with Gasteiger partial charge in [-0.2, -0.15) is 5.26 Å². The maximum atomic E-state index is 12.0. The Balaban J connectivity index is 2.12. The van der Waals surface area contributed by atoms with Gasteiger partial charge in [-0.05, 0) is 12.8 Å². The number of hydrogen-bond acceptors (Lipinski definition) is 6. The van der Waals surface area contributed by atoms with E-state index in [2.05, 4.69) is 10.1 Å². The third kappa shape index (κ3) is 3.23. The molecular weight excluding hydrogens is 276 g/mol. The van der Waals surface area contributed by atoms with Crippen molar-refractivity contribution in [3.8, 4) is 6.07 Å². The summed E-state index contributed by atoms with van der Waals surface area (Å²) in [4.78, 5) is 23.5.